The van der Waals surface area contributed by atoms with E-state index in [4.69, 9.17) is 15.0 Å². The summed E-state index contributed by atoms with van der Waals surface area (Å²) in [7, 11) is 0. The predicted octanol–water partition coefficient (Wildman–Crippen LogP) is 10.3. The zero-order valence-corrected chi connectivity index (χ0v) is 26.2. The number of pyridine rings is 2. The number of rotatable bonds is 3. The monoisotopic (exact) mass is 626 g/mol. The molecule has 228 valence electrons. The number of fused-ring (bicyclic) bond motifs is 11. The van der Waals surface area contributed by atoms with Crippen molar-refractivity contribution in [3.05, 3.63) is 158 Å². The van der Waals surface area contributed by atoms with Gasteiger partial charge in [0.2, 0.25) is 5.78 Å². The number of nitrogens with zero attached hydrogens (tertiary/aromatic N) is 6. The summed E-state index contributed by atoms with van der Waals surface area (Å²) >= 11 is 0. The van der Waals surface area contributed by atoms with Gasteiger partial charge in [0, 0.05) is 27.4 Å². The minimum absolute atomic E-state index is 0.798. The fraction of sp³-hybridized carbons (Fsp3) is 0. The molecule has 0 saturated carbocycles. The maximum atomic E-state index is 5.45. The molecule has 0 spiro atoms. The van der Waals surface area contributed by atoms with E-state index in [1.165, 1.54) is 10.8 Å². The molecule has 0 aliphatic heterocycles. The molecule has 5 heterocycles. The predicted molar refractivity (Wildman–Crippen MR) is 200 cm³/mol. The van der Waals surface area contributed by atoms with Crippen LogP contribution in [0.15, 0.2) is 158 Å². The summed E-state index contributed by atoms with van der Waals surface area (Å²) in [6, 6.07) is 55.3. The molecule has 6 heteroatoms. The van der Waals surface area contributed by atoms with Crippen LogP contribution < -0.4 is 0 Å². The van der Waals surface area contributed by atoms with Crippen molar-refractivity contribution in [1.82, 2.24) is 28.5 Å². The van der Waals surface area contributed by atoms with E-state index in [-0.39, 0.29) is 0 Å². The molecule has 0 N–H and O–H groups in total. The van der Waals surface area contributed by atoms with Crippen LogP contribution in [0.5, 0.6) is 0 Å². The molecule has 6 nitrogen and oxygen atoms in total. The summed E-state index contributed by atoms with van der Waals surface area (Å²) in [4.78, 5) is 16.0. The number of hydrogen-bond acceptors (Lipinski definition) is 3. The van der Waals surface area contributed by atoms with Gasteiger partial charge in [-0.15, -0.1) is 0 Å². The third kappa shape index (κ3) is 3.74. The van der Waals surface area contributed by atoms with Crippen molar-refractivity contribution in [3.8, 4) is 22.8 Å². The lowest BCUT2D eigenvalue weighted by atomic mass is 10.1. The molecule has 11 rings (SSSR count). The van der Waals surface area contributed by atoms with E-state index in [2.05, 4.69) is 153 Å². The number of hydrogen-bond donors (Lipinski definition) is 0. The molecule has 0 bridgehead atoms. The number of benzene rings is 6. The van der Waals surface area contributed by atoms with Gasteiger partial charge in [0.05, 0.1) is 33.3 Å². The Morgan fingerprint density at radius 2 is 1.08 bits per heavy atom. The smallest absolute Gasteiger partial charge is 0.223 e. The van der Waals surface area contributed by atoms with Gasteiger partial charge in [-0.3, -0.25) is 13.5 Å². The van der Waals surface area contributed by atoms with E-state index < -0.39 is 0 Å². The maximum Gasteiger partial charge on any atom is 0.223 e. The van der Waals surface area contributed by atoms with Gasteiger partial charge in [0.1, 0.15) is 11.3 Å². The summed E-state index contributed by atoms with van der Waals surface area (Å²) in [5, 5.41) is 5.66. The normalized spacial score (nSPS) is 12.1. The lowest BCUT2D eigenvalue weighted by molar-refractivity contribution is 1.05. The van der Waals surface area contributed by atoms with Crippen LogP contribution in [-0.2, 0) is 0 Å². The standard InChI is InChI=1S/C43H26N6/c1-2-11-28(12-3-1)34-24-21-29-18-19-30-22-25-38(45-40(30)39(29)44-34)48-36-16-8-9-17-37(36)49-41-33-14-6-7-15-35(33)47(42(41)46-43(48)49)32-23-20-27-10-4-5-13-31(27)26-32/h1-26H. The first-order valence-electron chi connectivity index (χ1n) is 16.5. The zero-order valence-electron chi connectivity index (χ0n) is 26.2. The average molecular weight is 627 g/mol. The number of imidazole rings is 2. The van der Waals surface area contributed by atoms with Crippen LogP contribution in [0.2, 0.25) is 0 Å². The molecule has 6 aromatic carbocycles. The quantitative estimate of drug-likeness (QED) is 0.183. The first-order valence-corrected chi connectivity index (χ1v) is 16.5. The molecule has 5 aromatic heterocycles. The van der Waals surface area contributed by atoms with Crippen molar-refractivity contribution >= 4 is 71.5 Å². The summed E-state index contributed by atoms with van der Waals surface area (Å²) < 4.78 is 6.78. The summed E-state index contributed by atoms with van der Waals surface area (Å²) in [6.07, 6.45) is 0. The summed E-state index contributed by atoms with van der Waals surface area (Å²) in [5.74, 6) is 1.61. The fourth-order valence-electron chi connectivity index (χ4n) is 7.56. The lowest BCUT2D eigenvalue weighted by Gasteiger charge is -2.10. The average Bonchev–Trinajstić information content (AvgIpc) is 3.80. The van der Waals surface area contributed by atoms with Crippen molar-refractivity contribution in [2.75, 3.05) is 0 Å². The van der Waals surface area contributed by atoms with Gasteiger partial charge in [-0.1, -0.05) is 109 Å². The number of aromatic nitrogens is 6. The fourth-order valence-corrected chi connectivity index (χ4v) is 7.56. The maximum absolute atomic E-state index is 5.45. The van der Waals surface area contributed by atoms with Crippen molar-refractivity contribution in [3.63, 3.8) is 0 Å². The molecule has 11 aromatic rings. The van der Waals surface area contributed by atoms with Crippen molar-refractivity contribution in [1.29, 1.82) is 0 Å². The van der Waals surface area contributed by atoms with Crippen LogP contribution in [0.25, 0.3) is 94.2 Å². The zero-order chi connectivity index (χ0) is 32.1. The van der Waals surface area contributed by atoms with Crippen LogP contribution in [0, 0.1) is 0 Å². The molecule has 0 unspecified atom stereocenters. The van der Waals surface area contributed by atoms with E-state index in [0.717, 1.165) is 83.4 Å². The summed E-state index contributed by atoms with van der Waals surface area (Å²) in [6.45, 7) is 0. The van der Waals surface area contributed by atoms with Gasteiger partial charge < -0.3 is 0 Å². The van der Waals surface area contributed by atoms with Gasteiger partial charge >= 0.3 is 0 Å². The van der Waals surface area contributed by atoms with Gasteiger partial charge in [0.15, 0.2) is 5.65 Å². The first-order chi connectivity index (χ1) is 24.3. The van der Waals surface area contributed by atoms with Gasteiger partial charge in [-0.25, -0.2) is 9.97 Å². The summed E-state index contributed by atoms with van der Waals surface area (Å²) in [5.41, 5.74) is 10.1. The largest absolute Gasteiger partial charge is 0.292 e. The number of para-hydroxylation sites is 3. The van der Waals surface area contributed by atoms with Crippen LogP contribution in [0.1, 0.15) is 0 Å². The molecule has 49 heavy (non-hydrogen) atoms. The Morgan fingerprint density at radius 3 is 1.94 bits per heavy atom. The third-order valence-corrected chi connectivity index (χ3v) is 9.81. The second-order valence-corrected chi connectivity index (χ2v) is 12.6. The van der Waals surface area contributed by atoms with E-state index >= 15 is 0 Å². The Morgan fingerprint density at radius 1 is 0.429 bits per heavy atom. The molecule has 0 aliphatic carbocycles. The van der Waals surface area contributed by atoms with Crippen LogP contribution in [0.4, 0.5) is 0 Å². The topological polar surface area (TPSA) is 52.9 Å². The van der Waals surface area contributed by atoms with E-state index in [1.54, 1.807) is 0 Å². The SMILES string of the molecule is c1ccc(-c2ccc3ccc4ccc(-n5c6ccccc6n6c7c8ccccc8n(-c8ccc9ccccc9c8)c7nc56)nc4c3n2)cc1. The molecular formula is C43H26N6. The molecule has 0 saturated heterocycles. The highest BCUT2D eigenvalue weighted by Gasteiger charge is 2.24. The third-order valence-electron chi connectivity index (χ3n) is 9.81. The lowest BCUT2D eigenvalue weighted by Crippen LogP contribution is -2.00. The minimum Gasteiger partial charge on any atom is -0.292 e. The van der Waals surface area contributed by atoms with Crippen LogP contribution >= 0.6 is 0 Å². The highest BCUT2D eigenvalue weighted by atomic mass is 15.3. The van der Waals surface area contributed by atoms with Gasteiger partial charge in [-0.05, 0) is 59.3 Å². The Kier molecular flexibility index (Phi) is 5.29. The highest BCUT2D eigenvalue weighted by molar-refractivity contribution is 6.10. The van der Waals surface area contributed by atoms with Crippen LogP contribution in [-0.4, -0.2) is 28.5 Å². The molecule has 0 atom stereocenters. The Bertz CT molecular complexity index is 3110. The molecular weight excluding hydrogens is 601 g/mol. The highest BCUT2D eigenvalue weighted by Crippen LogP contribution is 2.37. The van der Waals surface area contributed by atoms with E-state index in [9.17, 15) is 0 Å². The van der Waals surface area contributed by atoms with E-state index in [1.807, 2.05) is 18.2 Å². The Balaban J connectivity index is 1.21. The second-order valence-electron chi connectivity index (χ2n) is 12.6. The molecule has 0 aliphatic rings. The van der Waals surface area contributed by atoms with E-state index in [0.29, 0.717) is 0 Å². The van der Waals surface area contributed by atoms with Gasteiger partial charge in [0.25, 0.3) is 0 Å². The van der Waals surface area contributed by atoms with Gasteiger partial charge in [-0.2, -0.15) is 4.98 Å². The Hall–Kier alpha value is -6.79. The molecule has 0 amide bonds. The molecule has 0 radical (unpaired) electrons. The van der Waals surface area contributed by atoms with Crippen LogP contribution in [0.3, 0.4) is 0 Å². The van der Waals surface area contributed by atoms with Crippen molar-refractivity contribution in [2.24, 2.45) is 0 Å². The minimum atomic E-state index is 0.798. The first kappa shape index (κ1) is 26.3. The van der Waals surface area contributed by atoms with Crippen molar-refractivity contribution in [2.45, 2.75) is 0 Å². The second kappa shape index (κ2) is 9.86. The Labute approximate surface area is 279 Å². The van der Waals surface area contributed by atoms with Crippen molar-refractivity contribution < 1.29 is 0 Å². The molecule has 0 fully saturated rings.